The van der Waals surface area contributed by atoms with Crippen LogP contribution in [0.5, 0.6) is 11.5 Å². The van der Waals surface area contributed by atoms with Crippen molar-refractivity contribution in [2.24, 2.45) is 4.99 Å². The van der Waals surface area contributed by atoms with Crippen LogP contribution in [0.4, 0.5) is 5.69 Å². The lowest BCUT2D eigenvalue weighted by atomic mass is 10.1. The van der Waals surface area contributed by atoms with E-state index in [-0.39, 0.29) is 6.61 Å². The number of rotatable bonds is 6. The van der Waals surface area contributed by atoms with Gasteiger partial charge in [-0.2, -0.15) is 0 Å². The summed E-state index contributed by atoms with van der Waals surface area (Å²) in [5.41, 5.74) is 4.06. The monoisotopic (exact) mass is 370 g/mol. The Bertz CT molecular complexity index is 942. The number of ether oxygens (including phenoxy) is 2. The van der Waals surface area contributed by atoms with Crippen LogP contribution >= 0.6 is 11.3 Å². The Hall–Kier alpha value is -2.57. The largest absolute Gasteiger partial charge is 0.493 e. The topological polar surface area (TPSA) is 56.0 Å². The van der Waals surface area contributed by atoms with Gasteiger partial charge < -0.3 is 19.1 Å². The molecule has 0 aliphatic carbocycles. The maximum atomic E-state index is 9.52. The number of thiazole rings is 1. The molecule has 3 rings (SSSR count). The highest BCUT2D eigenvalue weighted by molar-refractivity contribution is 7.07. The summed E-state index contributed by atoms with van der Waals surface area (Å²) in [6.45, 7) is 2.56. The van der Waals surface area contributed by atoms with Crippen molar-refractivity contribution in [2.75, 3.05) is 20.8 Å². The van der Waals surface area contributed by atoms with E-state index in [1.807, 2.05) is 52.4 Å². The zero-order valence-electron chi connectivity index (χ0n) is 15.1. The van der Waals surface area contributed by atoms with E-state index in [0.717, 1.165) is 21.7 Å². The average molecular weight is 370 g/mol. The molecule has 0 fully saturated rings. The maximum absolute atomic E-state index is 9.52. The van der Waals surface area contributed by atoms with Gasteiger partial charge in [0.15, 0.2) is 16.3 Å². The number of hydrogen-bond acceptors (Lipinski definition) is 5. The summed E-state index contributed by atoms with van der Waals surface area (Å²) < 4.78 is 12.7. The van der Waals surface area contributed by atoms with Gasteiger partial charge >= 0.3 is 0 Å². The van der Waals surface area contributed by atoms with Crippen molar-refractivity contribution in [1.29, 1.82) is 0 Å². The number of aromatic nitrogens is 1. The van der Waals surface area contributed by atoms with Crippen molar-refractivity contribution < 1.29 is 14.6 Å². The Morgan fingerprint density at radius 1 is 1.04 bits per heavy atom. The smallest absolute Gasteiger partial charge is 0.190 e. The Morgan fingerprint density at radius 2 is 1.77 bits per heavy atom. The molecule has 26 heavy (non-hydrogen) atoms. The highest BCUT2D eigenvalue weighted by Crippen LogP contribution is 2.32. The molecular weight excluding hydrogens is 348 g/mol. The molecule has 0 unspecified atom stereocenters. The second-order valence-electron chi connectivity index (χ2n) is 5.80. The third kappa shape index (κ3) is 3.81. The minimum atomic E-state index is 0.0398. The molecule has 6 heteroatoms. The summed E-state index contributed by atoms with van der Waals surface area (Å²) in [5, 5.41) is 11.6. The molecule has 0 amide bonds. The maximum Gasteiger partial charge on any atom is 0.190 e. The number of nitrogens with zero attached hydrogens (tertiary/aromatic N) is 2. The van der Waals surface area contributed by atoms with E-state index in [1.54, 1.807) is 25.6 Å². The Labute approximate surface area is 156 Å². The first-order valence-electron chi connectivity index (χ1n) is 8.29. The Kier molecular flexibility index (Phi) is 5.75. The third-order valence-corrected chi connectivity index (χ3v) is 4.92. The molecule has 0 atom stereocenters. The van der Waals surface area contributed by atoms with Crippen LogP contribution in [0.25, 0.3) is 11.3 Å². The Balaban J connectivity index is 2.09. The fourth-order valence-electron chi connectivity index (χ4n) is 2.69. The molecule has 0 radical (unpaired) electrons. The standard InChI is InChI=1S/C20H22N2O3S/c1-14-4-7-16(8-5-14)21-20-22(10-11-23)17(13-26-20)15-6-9-18(24-2)19(12-15)25-3/h4-9,12-13,23H,10-11H2,1-3H3. The molecule has 0 aliphatic rings. The zero-order chi connectivity index (χ0) is 18.5. The van der Waals surface area contributed by atoms with E-state index in [2.05, 4.69) is 6.92 Å². The first-order valence-corrected chi connectivity index (χ1v) is 9.17. The van der Waals surface area contributed by atoms with Crippen molar-refractivity contribution in [1.82, 2.24) is 4.57 Å². The van der Waals surface area contributed by atoms with Crippen LogP contribution in [0.1, 0.15) is 5.56 Å². The second kappa shape index (κ2) is 8.21. The average Bonchev–Trinajstić information content (AvgIpc) is 3.05. The van der Waals surface area contributed by atoms with E-state index in [0.29, 0.717) is 18.0 Å². The van der Waals surface area contributed by atoms with E-state index >= 15 is 0 Å². The van der Waals surface area contributed by atoms with Crippen LogP contribution in [0.3, 0.4) is 0 Å². The van der Waals surface area contributed by atoms with Gasteiger partial charge in [0.25, 0.3) is 0 Å². The van der Waals surface area contributed by atoms with Gasteiger partial charge in [-0.15, -0.1) is 11.3 Å². The van der Waals surface area contributed by atoms with Gasteiger partial charge in [0, 0.05) is 17.5 Å². The molecule has 0 saturated carbocycles. The molecule has 2 aromatic carbocycles. The zero-order valence-corrected chi connectivity index (χ0v) is 15.9. The lowest BCUT2D eigenvalue weighted by Gasteiger charge is -2.11. The number of hydrogen-bond donors (Lipinski definition) is 1. The van der Waals surface area contributed by atoms with Gasteiger partial charge in [0.05, 0.1) is 32.2 Å². The van der Waals surface area contributed by atoms with Crippen LogP contribution in [0.2, 0.25) is 0 Å². The first-order chi connectivity index (χ1) is 12.7. The third-order valence-electron chi connectivity index (χ3n) is 4.06. The fourth-order valence-corrected chi connectivity index (χ4v) is 3.65. The van der Waals surface area contributed by atoms with Gasteiger partial charge in [-0.3, -0.25) is 0 Å². The molecule has 5 nitrogen and oxygen atoms in total. The van der Waals surface area contributed by atoms with Gasteiger partial charge in [0.2, 0.25) is 0 Å². The summed E-state index contributed by atoms with van der Waals surface area (Å²) in [7, 11) is 3.24. The first kappa shape index (κ1) is 18.2. The normalized spacial score (nSPS) is 11.6. The highest BCUT2D eigenvalue weighted by Gasteiger charge is 2.11. The van der Waals surface area contributed by atoms with E-state index < -0.39 is 0 Å². The van der Waals surface area contributed by atoms with Gasteiger partial charge in [-0.25, -0.2) is 4.99 Å². The minimum Gasteiger partial charge on any atom is -0.493 e. The molecule has 1 aromatic heterocycles. The summed E-state index contributed by atoms with van der Waals surface area (Å²) in [5.74, 6) is 1.36. The summed E-state index contributed by atoms with van der Waals surface area (Å²) in [6, 6.07) is 13.9. The van der Waals surface area contributed by atoms with Crippen LogP contribution in [0.15, 0.2) is 52.8 Å². The summed E-state index contributed by atoms with van der Waals surface area (Å²) >= 11 is 1.55. The minimum absolute atomic E-state index is 0.0398. The van der Waals surface area contributed by atoms with Crippen molar-refractivity contribution in [3.05, 3.63) is 58.2 Å². The van der Waals surface area contributed by atoms with Crippen molar-refractivity contribution >= 4 is 17.0 Å². The molecule has 0 bridgehead atoms. The molecule has 3 aromatic rings. The van der Waals surface area contributed by atoms with E-state index in [9.17, 15) is 5.11 Å². The number of benzene rings is 2. The molecule has 136 valence electrons. The predicted molar refractivity (Wildman–Crippen MR) is 104 cm³/mol. The van der Waals surface area contributed by atoms with E-state index in [4.69, 9.17) is 14.5 Å². The number of aryl methyl sites for hydroxylation is 1. The van der Waals surface area contributed by atoms with Crippen LogP contribution < -0.4 is 14.3 Å². The van der Waals surface area contributed by atoms with Crippen LogP contribution in [-0.4, -0.2) is 30.5 Å². The predicted octanol–water partition coefficient (Wildman–Crippen LogP) is 3.77. The molecule has 0 spiro atoms. The van der Waals surface area contributed by atoms with Crippen molar-refractivity contribution in [3.8, 4) is 22.8 Å². The number of methoxy groups -OCH3 is 2. The quantitative estimate of drug-likeness (QED) is 0.719. The molecule has 1 N–H and O–H groups in total. The summed E-state index contributed by atoms with van der Waals surface area (Å²) in [4.78, 5) is 5.58. The molecule has 0 saturated heterocycles. The van der Waals surface area contributed by atoms with Crippen LogP contribution in [-0.2, 0) is 6.54 Å². The Morgan fingerprint density at radius 3 is 2.42 bits per heavy atom. The molecule has 0 aliphatic heterocycles. The van der Waals surface area contributed by atoms with Crippen molar-refractivity contribution in [2.45, 2.75) is 13.5 Å². The lowest BCUT2D eigenvalue weighted by Crippen LogP contribution is -2.17. The van der Waals surface area contributed by atoms with Gasteiger partial charge in [0.1, 0.15) is 0 Å². The van der Waals surface area contributed by atoms with Crippen LogP contribution in [0, 0.1) is 6.92 Å². The van der Waals surface area contributed by atoms with Crippen molar-refractivity contribution in [3.63, 3.8) is 0 Å². The summed E-state index contributed by atoms with van der Waals surface area (Å²) in [6.07, 6.45) is 0. The SMILES string of the molecule is COc1ccc(-c2csc(=Nc3ccc(C)cc3)n2CCO)cc1OC. The van der Waals surface area contributed by atoms with E-state index in [1.165, 1.54) is 5.56 Å². The number of aliphatic hydroxyl groups excluding tert-OH is 1. The van der Waals surface area contributed by atoms with Gasteiger partial charge in [-0.05, 0) is 37.3 Å². The fraction of sp³-hybridized carbons (Fsp3) is 0.250. The number of aliphatic hydroxyl groups is 1. The van der Waals surface area contributed by atoms with Gasteiger partial charge in [-0.1, -0.05) is 17.7 Å². The molecule has 1 heterocycles. The lowest BCUT2D eigenvalue weighted by molar-refractivity contribution is 0.275. The second-order valence-corrected chi connectivity index (χ2v) is 6.63. The highest BCUT2D eigenvalue weighted by atomic mass is 32.1. The molecular formula is C20H22N2O3S.